The highest BCUT2D eigenvalue weighted by molar-refractivity contribution is 6.72. The van der Waals surface area contributed by atoms with Crippen molar-refractivity contribution in [1.29, 1.82) is 0 Å². The summed E-state index contributed by atoms with van der Waals surface area (Å²) in [6, 6.07) is 15.2. The van der Waals surface area contributed by atoms with E-state index < -0.39 is 7.05 Å². The van der Waals surface area contributed by atoms with E-state index in [0.29, 0.717) is 5.02 Å². The SMILES string of the molecule is CCCC1=NN(c2ccc(Cl)cc2)B(O)c2ccccc21. The maximum absolute atomic E-state index is 10.6. The van der Waals surface area contributed by atoms with Crippen LogP contribution in [0.2, 0.25) is 5.02 Å². The van der Waals surface area contributed by atoms with Crippen LogP contribution in [0.3, 0.4) is 0 Å². The van der Waals surface area contributed by atoms with Crippen molar-refractivity contribution >= 4 is 35.5 Å². The van der Waals surface area contributed by atoms with Gasteiger partial charge in [0.15, 0.2) is 0 Å². The van der Waals surface area contributed by atoms with Gasteiger partial charge in [0.1, 0.15) is 0 Å². The molecule has 21 heavy (non-hydrogen) atoms. The Labute approximate surface area is 130 Å². The van der Waals surface area contributed by atoms with Crippen molar-refractivity contribution in [1.82, 2.24) is 0 Å². The fourth-order valence-electron chi connectivity index (χ4n) is 2.57. The zero-order chi connectivity index (χ0) is 14.8. The number of halogens is 1. The van der Waals surface area contributed by atoms with Gasteiger partial charge in [0.2, 0.25) is 0 Å². The summed E-state index contributed by atoms with van der Waals surface area (Å²) in [5.74, 6) is 0. The van der Waals surface area contributed by atoms with E-state index in [4.69, 9.17) is 11.6 Å². The van der Waals surface area contributed by atoms with Gasteiger partial charge in [-0.25, -0.2) is 0 Å². The summed E-state index contributed by atoms with van der Waals surface area (Å²) >= 11 is 5.93. The summed E-state index contributed by atoms with van der Waals surface area (Å²) in [4.78, 5) is 1.66. The van der Waals surface area contributed by atoms with E-state index in [0.717, 1.165) is 35.3 Å². The molecule has 3 rings (SSSR count). The molecule has 0 aliphatic carbocycles. The van der Waals surface area contributed by atoms with Crippen LogP contribution in [0.4, 0.5) is 5.69 Å². The Morgan fingerprint density at radius 1 is 1.14 bits per heavy atom. The topological polar surface area (TPSA) is 35.8 Å². The number of hydrogen-bond donors (Lipinski definition) is 1. The van der Waals surface area contributed by atoms with Crippen LogP contribution in [0.5, 0.6) is 0 Å². The first-order valence-corrected chi connectivity index (χ1v) is 7.48. The lowest BCUT2D eigenvalue weighted by Gasteiger charge is -2.29. The molecule has 0 spiro atoms. The molecule has 106 valence electrons. The molecular weight excluding hydrogens is 282 g/mol. The Balaban J connectivity index is 2.06. The van der Waals surface area contributed by atoms with E-state index in [-0.39, 0.29) is 0 Å². The van der Waals surface area contributed by atoms with Crippen molar-refractivity contribution in [3.05, 3.63) is 59.1 Å². The third kappa shape index (κ3) is 2.69. The van der Waals surface area contributed by atoms with Crippen molar-refractivity contribution in [2.75, 3.05) is 4.92 Å². The second kappa shape index (κ2) is 5.92. The normalized spacial score (nSPS) is 14.0. The first-order chi connectivity index (χ1) is 10.2. The number of nitrogens with zero attached hydrogens (tertiary/aromatic N) is 2. The number of hydrogen-bond acceptors (Lipinski definition) is 3. The molecule has 1 N–H and O–H groups in total. The molecule has 0 aromatic heterocycles. The minimum atomic E-state index is -0.775. The molecule has 2 aromatic rings. The van der Waals surface area contributed by atoms with E-state index in [1.807, 2.05) is 36.4 Å². The van der Waals surface area contributed by atoms with E-state index in [1.54, 1.807) is 17.1 Å². The zero-order valence-corrected chi connectivity index (χ0v) is 12.6. The predicted octanol–water partition coefficient (Wildman–Crippen LogP) is 3.05. The highest BCUT2D eigenvalue weighted by Crippen LogP contribution is 2.23. The van der Waals surface area contributed by atoms with E-state index in [2.05, 4.69) is 12.0 Å². The number of fused-ring (bicyclic) bond motifs is 1. The zero-order valence-electron chi connectivity index (χ0n) is 11.8. The summed E-state index contributed by atoms with van der Waals surface area (Å²) in [5, 5.41) is 15.9. The van der Waals surface area contributed by atoms with Gasteiger partial charge in [-0.2, -0.15) is 5.10 Å². The Hall–Kier alpha value is -1.78. The lowest BCUT2D eigenvalue weighted by atomic mass is 9.68. The first kappa shape index (κ1) is 14.2. The van der Waals surface area contributed by atoms with Crippen molar-refractivity contribution < 1.29 is 5.02 Å². The van der Waals surface area contributed by atoms with Gasteiger partial charge in [-0.05, 0) is 41.7 Å². The summed E-state index contributed by atoms with van der Waals surface area (Å²) in [5.41, 5.74) is 3.77. The van der Waals surface area contributed by atoms with Gasteiger partial charge in [-0.1, -0.05) is 49.2 Å². The summed E-state index contributed by atoms with van der Waals surface area (Å²) in [6.07, 6.45) is 1.89. The van der Waals surface area contributed by atoms with Gasteiger partial charge in [0, 0.05) is 10.7 Å². The number of benzene rings is 2. The van der Waals surface area contributed by atoms with Crippen molar-refractivity contribution in [2.24, 2.45) is 5.10 Å². The van der Waals surface area contributed by atoms with Crippen molar-refractivity contribution in [2.45, 2.75) is 19.8 Å². The molecule has 0 fully saturated rings. The monoisotopic (exact) mass is 298 g/mol. The van der Waals surface area contributed by atoms with Crippen LogP contribution in [0, 0.1) is 0 Å². The number of anilines is 1. The molecule has 0 unspecified atom stereocenters. The first-order valence-electron chi connectivity index (χ1n) is 7.10. The lowest BCUT2D eigenvalue weighted by Crippen LogP contribution is -2.51. The summed E-state index contributed by atoms with van der Waals surface area (Å²) < 4.78 is 0. The number of rotatable bonds is 3. The summed E-state index contributed by atoms with van der Waals surface area (Å²) in [7, 11) is -0.775. The largest absolute Gasteiger partial charge is 0.471 e. The molecule has 0 saturated carbocycles. The minimum absolute atomic E-state index is 0.670. The Morgan fingerprint density at radius 3 is 2.57 bits per heavy atom. The van der Waals surface area contributed by atoms with Gasteiger partial charge in [0.05, 0.1) is 5.71 Å². The second-order valence-corrected chi connectivity index (χ2v) is 5.52. The van der Waals surface area contributed by atoms with Gasteiger partial charge < -0.3 is 5.02 Å². The lowest BCUT2D eigenvalue weighted by molar-refractivity contribution is 0.577. The van der Waals surface area contributed by atoms with Crippen LogP contribution in [0.15, 0.2) is 53.6 Å². The molecule has 0 bridgehead atoms. The highest BCUT2D eigenvalue weighted by Gasteiger charge is 2.32. The highest BCUT2D eigenvalue weighted by atomic mass is 35.5. The Bertz CT molecular complexity index is 672. The maximum atomic E-state index is 10.6. The minimum Gasteiger partial charge on any atom is -0.427 e. The molecule has 1 aliphatic heterocycles. The second-order valence-electron chi connectivity index (χ2n) is 5.08. The van der Waals surface area contributed by atoms with Gasteiger partial charge >= 0.3 is 7.05 Å². The van der Waals surface area contributed by atoms with Gasteiger partial charge in [-0.3, -0.25) is 4.92 Å². The standard InChI is InChI=1S/C16H16BClN2O/c1-2-5-16-14-6-3-4-7-15(14)17(21)20(19-16)13-10-8-12(18)9-11-13/h3-4,6-11,21H,2,5H2,1H3. The summed E-state index contributed by atoms with van der Waals surface area (Å²) in [6.45, 7) is 2.13. The molecule has 0 radical (unpaired) electrons. The van der Waals surface area contributed by atoms with Crippen LogP contribution < -0.4 is 10.4 Å². The quantitative estimate of drug-likeness (QED) is 0.884. The molecular formula is C16H16BClN2O. The third-order valence-corrected chi connectivity index (χ3v) is 3.84. The van der Waals surface area contributed by atoms with Crippen LogP contribution >= 0.6 is 11.6 Å². The fraction of sp³-hybridized carbons (Fsp3) is 0.188. The van der Waals surface area contributed by atoms with Crippen LogP contribution in [0.25, 0.3) is 0 Å². The van der Waals surface area contributed by atoms with Gasteiger partial charge in [0.25, 0.3) is 0 Å². The fourth-order valence-corrected chi connectivity index (χ4v) is 2.70. The van der Waals surface area contributed by atoms with E-state index >= 15 is 0 Å². The van der Waals surface area contributed by atoms with Crippen molar-refractivity contribution in [3.63, 3.8) is 0 Å². The van der Waals surface area contributed by atoms with Gasteiger partial charge in [-0.15, -0.1) is 0 Å². The maximum Gasteiger partial charge on any atom is 0.471 e. The van der Waals surface area contributed by atoms with Crippen molar-refractivity contribution in [3.8, 4) is 0 Å². The number of hydrazone groups is 1. The Kier molecular flexibility index (Phi) is 4.00. The molecule has 0 amide bonds. The third-order valence-electron chi connectivity index (χ3n) is 3.59. The molecule has 0 atom stereocenters. The molecule has 5 heteroatoms. The van der Waals surface area contributed by atoms with E-state index in [1.165, 1.54) is 0 Å². The molecule has 3 nitrogen and oxygen atoms in total. The van der Waals surface area contributed by atoms with Crippen LogP contribution in [-0.4, -0.2) is 17.8 Å². The Morgan fingerprint density at radius 2 is 1.86 bits per heavy atom. The van der Waals surface area contributed by atoms with Crippen LogP contribution in [-0.2, 0) is 0 Å². The molecule has 1 aliphatic rings. The molecule has 2 aromatic carbocycles. The average molecular weight is 299 g/mol. The van der Waals surface area contributed by atoms with Crippen LogP contribution in [0.1, 0.15) is 25.3 Å². The van der Waals surface area contributed by atoms with E-state index in [9.17, 15) is 5.02 Å². The predicted molar refractivity (Wildman–Crippen MR) is 89.4 cm³/mol. The molecule has 0 saturated heterocycles. The average Bonchev–Trinajstić information content (AvgIpc) is 2.51. The molecule has 1 heterocycles. The smallest absolute Gasteiger partial charge is 0.427 e.